The molecule has 1 heterocycles. The van der Waals surface area contributed by atoms with Gasteiger partial charge in [-0.25, -0.2) is 0 Å². The van der Waals surface area contributed by atoms with Crippen molar-refractivity contribution in [3.8, 4) is 0 Å². The van der Waals surface area contributed by atoms with Crippen LogP contribution in [0.15, 0.2) is 36.8 Å². The summed E-state index contributed by atoms with van der Waals surface area (Å²) in [4.78, 5) is 0. The van der Waals surface area contributed by atoms with Crippen molar-refractivity contribution in [1.29, 1.82) is 0 Å². The topological polar surface area (TPSA) is 18.5 Å². The summed E-state index contributed by atoms with van der Waals surface area (Å²) in [7, 11) is -0.115. The highest BCUT2D eigenvalue weighted by molar-refractivity contribution is 7.67. The van der Waals surface area contributed by atoms with Crippen LogP contribution in [0.5, 0.6) is 0 Å². The van der Waals surface area contributed by atoms with Crippen LogP contribution < -0.4 is 5.30 Å². The molecule has 0 radical (unpaired) electrons. The highest BCUT2D eigenvalue weighted by Crippen LogP contribution is 2.57. The maximum atomic E-state index is 5.85. The molecule has 3 heteroatoms. The van der Waals surface area contributed by atoms with E-state index in [9.17, 15) is 0 Å². The van der Waals surface area contributed by atoms with Gasteiger partial charge in [0.05, 0.1) is 0 Å². The summed E-state index contributed by atoms with van der Waals surface area (Å²) < 4.78 is 11.7. The van der Waals surface area contributed by atoms with Gasteiger partial charge in [-0.15, -0.1) is 0 Å². The molecule has 23 heavy (non-hydrogen) atoms. The lowest BCUT2D eigenvalue weighted by Crippen LogP contribution is -2.32. The van der Waals surface area contributed by atoms with Gasteiger partial charge in [0.2, 0.25) is 0 Å². The number of rotatable bonds is 4. The molecule has 124 valence electrons. The number of hydrogen-bond donors (Lipinski definition) is 0. The fraction of sp³-hybridized carbons (Fsp3) is 0.600. The van der Waals surface area contributed by atoms with Crippen molar-refractivity contribution in [2.75, 3.05) is 0 Å². The van der Waals surface area contributed by atoms with Crippen molar-refractivity contribution in [3.05, 3.63) is 42.4 Å². The summed E-state index contributed by atoms with van der Waals surface area (Å²) in [6.07, 6.45) is 14.7. The minimum atomic E-state index is -0.631. The smallest absolute Gasteiger partial charge is 0.274 e. The third kappa shape index (κ3) is 2.91. The van der Waals surface area contributed by atoms with Crippen molar-refractivity contribution < 1.29 is 9.47 Å². The summed E-state index contributed by atoms with van der Waals surface area (Å²) in [5, 5.41) is 1.55. The van der Waals surface area contributed by atoms with Gasteiger partial charge in [0.1, 0.15) is 12.5 Å². The summed E-state index contributed by atoms with van der Waals surface area (Å²) in [6.45, 7) is 2.06. The third-order valence-electron chi connectivity index (χ3n) is 5.75. The summed E-state index contributed by atoms with van der Waals surface area (Å²) >= 11 is 0. The van der Waals surface area contributed by atoms with Gasteiger partial charge in [0.15, 0.2) is 0 Å². The summed E-state index contributed by atoms with van der Waals surface area (Å²) in [6, 6.07) is 8.94. The van der Waals surface area contributed by atoms with Gasteiger partial charge in [0, 0.05) is 12.5 Å². The number of ether oxygens (including phenoxy) is 2. The Hall–Kier alpha value is -1.01. The van der Waals surface area contributed by atoms with Crippen LogP contribution in [0.25, 0.3) is 0 Å². The molecule has 2 fully saturated rings. The molecule has 0 amide bonds. The second kappa shape index (κ2) is 6.48. The largest absolute Gasteiger partial charge is 0.453 e. The standard InChI is InChI=1S/C20H27O2P/c1-20(21-14-15-22-20)18-12-6-7-13-19(18)23(16-8-2-3-9-16)17-10-4-5-11-17/h6-7,12-17H,2-5,8-11H2,1H3. The van der Waals surface area contributed by atoms with E-state index in [-0.39, 0.29) is 7.92 Å². The molecule has 4 rings (SSSR count). The van der Waals surface area contributed by atoms with Gasteiger partial charge in [-0.2, -0.15) is 0 Å². The molecule has 0 spiro atoms. The minimum Gasteiger partial charge on any atom is -0.453 e. The van der Waals surface area contributed by atoms with Crippen molar-refractivity contribution >= 4 is 13.2 Å². The molecule has 0 atom stereocenters. The fourth-order valence-electron chi connectivity index (χ4n) is 4.61. The van der Waals surface area contributed by atoms with Crippen LogP contribution in [0.3, 0.4) is 0 Å². The second-order valence-corrected chi connectivity index (χ2v) is 10.0. The molecule has 0 bridgehead atoms. The van der Waals surface area contributed by atoms with Crippen LogP contribution in [0.2, 0.25) is 0 Å². The van der Waals surface area contributed by atoms with E-state index in [1.165, 1.54) is 56.9 Å². The van der Waals surface area contributed by atoms with Crippen LogP contribution >= 0.6 is 7.92 Å². The average Bonchev–Trinajstić information content (AvgIpc) is 3.31. The Morgan fingerprint density at radius 2 is 1.39 bits per heavy atom. The Bertz CT molecular complexity index is 547. The van der Waals surface area contributed by atoms with E-state index in [0.29, 0.717) is 0 Å². The van der Waals surface area contributed by atoms with Crippen LogP contribution in [0.4, 0.5) is 0 Å². The lowest BCUT2D eigenvalue weighted by atomic mass is 10.1. The zero-order valence-electron chi connectivity index (χ0n) is 14.0. The first kappa shape index (κ1) is 15.5. The Labute approximate surface area is 141 Å². The molecule has 0 unspecified atom stereocenters. The summed E-state index contributed by atoms with van der Waals surface area (Å²) in [5.74, 6) is -0.631. The Balaban J connectivity index is 1.73. The summed E-state index contributed by atoms with van der Waals surface area (Å²) in [5.41, 5.74) is 3.08. The van der Waals surface area contributed by atoms with Crippen molar-refractivity contribution in [2.24, 2.45) is 0 Å². The zero-order chi connectivity index (χ0) is 15.7. The van der Waals surface area contributed by atoms with Gasteiger partial charge in [-0.1, -0.05) is 57.9 Å². The lowest BCUT2D eigenvalue weighted by Gasteiger charge is -2.35. The van der Waals surface area contributed by atoms with Gasteiger partial charge < -0.3 is 9.47 Å². The first-order valence-electron chi connectivity index (χ1n) is 9.16. The average molecular weight is 330 g/mol. The predicted octanol–water partition coefficient (Wildman–Crippen LogP) is 5.37. The normalized spacial score (nSPS) is 24.3. The lowest BCUT2D eigenvalue weighted by molar-refractivity contribution is -0.132. The molecular formula is C20H27O2P. The molecule has 2 aliphatic carbocycles. The molecule has 2 nitrogen and oxygen atoms in total. The first-order valence-corrected chi connectivity index (χ1v) is 10.6. The van der Waals surface area contributed by atoms with E-state index in [4.69, 9.17) is 9.47 Å². The van der Waals surface area contributed by atoms with E-state index in [0.717, 1.165) is 11.3 Å². The monoisotopic (exact) mass is 330 g/mol. The molecule has 0 N–H and O–H groups in total. The second-order valence-electron chi connectivity index (χ2n) is 7.25. The fourth-order valence-corrected chi connectivity index (χ4v) is 8.65. The maximum absolute atomic E-state index is 5.85. The van der Waals surface area contributed by atoms with E-state index in [1.54, 1.807) is 17.8 Å². The van der Waals surface area contributed by atoms with Crippen LogP contribution in [-0.4, -0.2) is 11.3 Å². The molecule has 1 aliphatic heterocycles. The molecule has 0 saturated heterocycles. The minimum absolute atomic E-state index is 0.115. The van der Waals surface area contributed by atoms with E-state index < -0.39 is 5.79 Å². The van der Waals surface area contributed by atoms with Crippen molar-refractivity contribution in [1.82, 2.24) is 0 Å². The number of benzene rings is 1. The van der Waals surface area contributed by atoms with Crippen LogP contribution in [0, 0.1) is 0 Å². The molecule has 2 saturated carbocycles. The van der Waals surface area contributed by atoms with E-state index >= 15 is 0 Å². The Morgan fingerprint density at radius 1 is 0.870 bits per heavy atom. The van der Waals surface area contributed by atoms with Gasteiger partial charge in [-0.3, -0.25) is 0 Å². The number of hydrogen-bond acceptors (Lipinski definition) is 2. The highest BCUT2D eigenvalue weighted by atomic mass is 31.1. The van der Waals surface area contributed by atoms with E-state index in [2.05, 4.69) is 31.2 Å². The van der Waals surface area contributed by atoms with Crippen LogP contribution in [-0.2, 0) is 15.3 Å². The maximum Gasteiger partial charge on any atom is 0.274 e. The van der Waals surface area contributed by atoms with Gasteiger partial charge in [0.25, 0.3) is 5.79 Å². The van der Waals surface area contributed by atoms with Gasteiger partial charge >= 0.3 is 0 Å². The van der Waals surface area contributed by atoms with Crippen molar-refractivity contribution in [2.45, 2.75) is 75.4 Å². The molecular weight excluding hydrogens is 303 g/mol. The first-order chi connectivity index (χ1) is 11.3. The third-order valence-corrected chi connectivity index (χ3v) is 9.30. The van der Waals surface area contributed by atoms with Gasteiger partial charge in [-0.05, 0) is 42.3 Å². The van der Waals surface area contributed by atoms with Crippen molar-refractivity contribution in [3.63, 3.8) is 0 Å². The molecule has 0 aromatic heterocycles. The predicted molar refractivity (Wildman–Crippen MR) is 96.2 cm³/mol. The SMILES string of the molecule is CC1(c2ccccc2P(C2CCCC2)C2CCCC2)OC=CO1. The molecule has 1 aromatic rings. The highest BCUT2D eigenvalue weighted by Gasteiger charge is 2.40. The van der Waals surface area contributed by atoms with Crippen LogP contribution in [0.1, 0.15) is 63.9 Å². The van der Waals surface area contributed by atoms with E-state index in [1.807, 2.05) is 0 Å². The molecule has 1 aromatic carbocycles. The Morgan fingerprint density at radius 3 is 1.96 bits per heavy atom. The quantitative estimate of drug-likeness (QED) is 0.691. The zero-order valence-corrected chi connectivity index (χ0v) is 14.9. The molecule has 3 aliphatic rings. The Kier molecular flexibility index (Phi) is 4.37.